The smallest absolute Gasteiger partial charge is 0.254 e. The van der Waals surface area contributed by atoms with Crippen molar-refractivity contribution in [3.05, 3.63) is 77.1 Å². The van der Waals surface area contributed by atoms with E-state index in [0.717, 1.165) is 70.8 Å². The molecule has 6 rings (SSSR count). The van der Waals surface area contributed by atoms with Gasteiger partial charge >= 0.3 is 0 Å². The van der Waals surface area contributed by atoms with Gasteiger partial charge in [0.15, 0.2) is 15.9 Å². The van der Waals surface area contributed by atoms with E-state index in [9.17, 15) is 33.6 Å². The lowest BCUT2D eigenvalue weighted by molar-refractivity contribution is -0.158. The molecule has 2 saturated carbocycles. The highest BCUT2D eigenvalue weighted by Crippen LogP contribution is 2.50. The van der Waals surface area contributed by atoms with Crippen LogP contribution in [0.25, 0.3) is 11.1 Å². The third kappa shape index (κ3) is 11.2. The Morgan fingerprint density at radius 2 is 1.77 bits per heavy atom. The second kappa shape index (κ2) is 19.3. The van der Waals surface area contributed by atoms with Crippen molar-refractivity contribution in [1.82, 2.24) is 20.1 Å². The number of hydrogen-bond acceptors (Lipinski definition) is 13. The molecular weight excluding hydrogens is 780 g/mol. The average molecular weight is 833 g/mol. The van der Waals surface area contributed by atoms with Crippen molar-refractivity contribution in [2.75, 3.05) is 56.6 Å². The summed E-state index contributed by atoms with van der Waals surface area (Å²) in [6, 6.07) is 16.2. The van der Waals surface area contributed by atoms with Crippen molar-refractivity contribution >= 4 is 39.1 Å². The molecule has 1 amide bonds. The van der Waals surface area contributed by atoms with E-state index in [1.807, 2.05) is 47.6 Å². The topological polar surface area (TPSA) is 193 Å². The van der Waals surface area contributed by atoms with Gasteiger partial charge in [0, 0.05) is 72.7 Å². The molecule has 3 aliphatic rings. The van der Waals surface area contributed by atoms with E-state index in [2.05, 4.69) is 28.5 Å². The number of sulfone groups is 1. The SMILES string of the molecule is O=C([C@@H](O)[C@@H](O)[C@H](O)[C@@H](O)CO)N(CCCCSc1ccc(Cl)c(CNC2(c3cnccc3-c3ccccc3OC3CC3)CC2)c1)CCN1CCS(=O)(=O)CC1. The van der Waals surface area contributed by atoms with Crippen LogP contribution < -0.4 is 10.1 Å². The first kappa shape index (κ1) is 42.8. The van der Waals surface area contributed by atoms with Crippen molar-refractivity contribution < 1.29 is 43.5 Å². The third-order valence-corrected chi connectivity index (χ3v) is 13.8. The van der Waals surface area contributed by atoms with Gasteiger partial charge in [-0.2, -0.15) is 0 Å². The van der Waals surface area contributed by atoms with Gasteiger partial charge in [0.2, 0.25) is 0 Å². The van der Waals surface area contributed by atoms with Gasteiger partial charge in [0.1, 0.15) is 24.1 Å². The van der Waals surface area contributed by atoms with Crippen LogP contribution in [0.1, 0.15) is 49.7 Å². The Labute approximate surface area is 338 Å². The minimum atomic E-state index is -3.08. The molecular formula is C40H53ClN4O9S2. The highest BCUT2D eigenvalue weighted by atomic mass is 35.5. The number of aliphatic hydroxyl groups is 5. The van der Waals surface area contributed by atoms with Gasteiger partial charge < -0.3 is 40.5 Å². The van der Waals surface area contributed by atoms with Crippen LogP contribution in [0.4, 0.5) is 0 Å². The minimum Gasteiger partial charge on any atom is -0.490 e. The Bertz CT molecular complexity index is 1880. The minimum absolute atomic E-state index is 0.0324. The molecule has 16 heteroatoms. The average Bonchev–Trinajstić information content (AvgIpc) is 4.16. The Morgan fingerprint density at radius 3 is 2.48 bits per heavy atom. The van der Waals surface area contributed by atoms with Crippen LogP contribution >= 0.6 is 23.4 Å². The molecule has 0 unspecified atom stereocenters. The maximum Gasteiger partial charge on any atom is 0.254 e. The summed E-state index contributed by atoms with van der Waals surface area (Å²) in [6.07, 6.45) is 1.78. The number of pyridine rings is 1. The summed E-state index contributed by atoms with van der Waals surface area (Å²) in [7, 11) is -3.08. The number of thioether (sulfide) groups is 1. The molecule has 13 nitrogen and oxygen atoms in total. The van der Waals surface area contributed by atoms with Crippen LogP contribution in [-0.2, 0) is 26.7 Å². The number of rotatable bonds is 21. The fraction of sp³-hybridized carbons (Fsp3) is 0.550. The molecule has 1 aromatic heterocycles. The summed E-state index contributed by atoms with van der Waals surface area (Å²) in [6.45, 7) is 1.17. The number of nitrogens with one attached hydrogen (secondary N) is 1. The predicted molar refractivity (Wildman–Crippen MR) is 215 cm³/mol. The molecule has 0 radical (unpaired) electrons. The number of amides is 1. The van der Waals surface area contributed by atoms with Crippen molar-refractivity contribution in [3.8, 4) is 16.9 Å². The normalized spacial score (nSPS) is 19.8. The molecule has 4 atom stereocenters. The van der Waals surface area contributed by atoms with Crippen LogP contribution in [0.15, 0.2) is 65.8 Å². The van der Waals surface area contributed by atoms with Gasteiger partial charge in [0.25, 0.3) is 5.91 Å². The molecule has 2 aliphatic carbocycles. The molecule has 6 N–H and O–H groups in total. The molecule has 3 fully saturated rings. The number of nitrogens with zero attached hydrogens (tertiary/aromatic N) is 3. The lowest BCUT2D eigenvalue weighted by Crippen LogP contribution is -2.54. The van der Waals surface area contributed by atoms with Crippen LogP contribution in [0.2, 0.25) is 5.02 Å². The molecule has 56 heavy (non-hydrogen) atoms. The number of carbonyl (C=O) groups is 1. The fourth-order valence-electron chi connectivity index (χ4n) is 6.89. The summed E-state index contributed by atoms with van der Waals surface area (Å²) < 4.78 is 30.0. The van der Waals surface area contributed by atoms with Crippen LogP contribution in [-0.4, -0.2) is 142 Å². The highest BCUT2D eigenvalue weighted by molar-refractivity contribution is 7.99. The number of hydrogen-bond donors (Lipinski definition) is 6. The molecule has 1 aliphatic heterocycles. The van der Waals surface area contributed by atoms with E-state index in [4.69, 9.17) is 21.4 Å². The third-order valence-electron chi connectivity index (χ3n) is 10.7. The van der Waals surface area contributed by atoms with E-state index in [1.54, 1.807) is 11.8 Å². The zero-order valence-electron chi connectivity index (χ0n) is 31.4. The first-order chi connectivity index (χ1) is 26.9. The number of aliphatic hydroxyl groups excluding tert-OH is 5. The molecule has 1 saturated heterocycles. The first-order valence-electron chi connectivity index (χ1n) is 19.3. The zero-order chi connectivity index (χ0) is 39.9. The van der Waals surface area contributed by atoms with Gasteiger partial charge in [-0.05, 0) is 91.3 Å². The molecule has 0 bridgehead atoms. The summed E-state index contributed by atoms with van der Waals surface area (Å²) >= 11 is 8.37. The first-order valence-corrected chi connectivity index (χ1v) is 22.5. The fourth-order valence-corrected chi connectivity index (χ4v) is 9.33. The highest BCUT2D eigenvalue weighted by Gasteiger charge is 2.46. The van der Waals surface area contributed by atoms with E-state index < -0.39 is 46.8 Å². The van der Waals surface area contributed by atoms with Gasteiger partial charge in [-0.1, -0.05) is 29.8 Å². The van der Waals surface area contributed by atoms with E-state index in [1.165, 1.54) is 4.90 Å². The van der Waals surface area contributed by atoms with Crippen molar-refractivity contribution in [3.63, 3.8) is 0 Å². The summed E-state index contributed by atoms with van der Waals surface area (Å²) in [5.74, 6) is 0.873. The predicted octanol–water partition coefficient (Wildman–Crippen LogP) is 2.59. The summed E-state index contributed by atoms with van der Waals surface area (Å²) in [5, 5.41) is 54.5. The van der Waals surface area contributed by atoms with E-state index in [0.29, 0.717) is 37.6 Å². The summed E-state index contributed by atoms with van der Waals surface area (Å²) in [4.78, 5) is 22.2. The van der Waals surface area contributed by atoms with Gasteiger partial charge in [-0.3, -0.25) is 14.7 Å². The van der Waals surface area contributed by atoms with Crippen molar-refractivity contribution in [2.24, 2.45) is 0 Å². The van der Waals surface area contributed by atoms with Gasteiger partial charge in [0.05, 0.1) is 24.2 Å². The number of halogens is 1. The van der Waals surface area contributed by atoms with Gasteiger partial charge in [-0.25, -0.2) is 8.42 Å². The summed E-state index contributed by atoms with van der Waals surface area (Å²) in [5.41, 5.74) is 4.08. The molecule has 3 aromatic rings. The van der Waals surface area contributed by atoms with E-state index in [-0.39, 0.29) is 36.2 Å². The number of unbranched alkanes of at least 4 members (excludes halogenated alkanes) is 1. The lowest BCUT2D eigenvalue weighted by Gasteiger charge is -2.32. The largest absolute Gasteiger partial charge is 0.490 e. The zero-order valence-corrected chi connectivity index (χ0v) is 33.8. The number of para-hydroxylation sites is 1. The number of carbonyl (C=O) groups excluding carboxylic acids is 1. The van der Waals surface area contributed by atoms with Gasteiger partial charge in [-0.15, -0.1) is 11.8 Å². The molecule has 2 heterocycles. The van der Waals surface area contributed by atoms with E-state index >= 15 is 0 Å². The van der Waals surface area contributed by atoms with Crippen LogP contribution in [0.5, 0.6) is 5.75 Å². The van der Waals surface area contributed by atoms with Crippen molar-refractivity contribution in [2.45, 2.75) is 86.0 Å². The standard InChI is InChI=1S/C40H53ClN4O9S2/c41-33-10-9-29(23-27(33)24-43-40(12-13-40)32-25-42-14-11-30(32)31-5-1-2-6-35(31)54-28-7-8-28)55-20-4-3-15-45(17-16-44-18-21-56(52,53)22-19-44)39(51)38(50)37(49)36(48)34(47)26-46/h1-2,5-6,9-11,14,23,25,28,34,36-38,43,46-50H,3-4,7-8,12-13,15-22,24,26H2/t34-,36+,37-,38-/m0/s1. The molecule has 306 valence electrons. The monoisotopic (exact) mass is 832 g/mol. The van der Waals surface area contributed by atoms with Crippen LogP contribution in [0.3, 0.4) is 0 Å². The Kier molecular flexibility index (Phi) is 14.7. The Morgan fingerprint density at radius 1 is 1.02 bits per heavy atom. The quantitative estimate of drug-likeness (QED) is 0.0679. The van der Waals surface area contributed by atoms with Crippen molar-refractivity contribution in [1.29, 1.82) is 0 Å². The lowest BCUT2D eigenvalue weighted by atomic mass is 9.94. The Hall–Kier alpha value is -2.83. The second-order valence-corrected chi connectivity index (χ2v) is 18.9. The number of aromatic nitrogens is 1. The second-order valence-electron chi connectivity index (χ2n) is 15.0. The molecule has 2 aromatic carbocycles. The number of benzene rings is 2. The van der Waals surface area contributed by atoms with Crippen LogP contribution in [0, 0.1) is 0 Å². The maximum absolute atomic E-state index is 13.3. The Balaban J connectivity index is 1.03. The molecule has 0 spiro atoms. The maximum atomic E-state index is 13.3. The number of ether oxygens (including phenoxy) is 1.